The monoisotopic (exact) mass is 473 g/mol. The molecule has 0 atom stereocenters. The Bertz CT molecular complexity index is 1050. The summed E-state index contributed by atoms with van der Waals surface area (Å²) in [7, 11) is 1.46. The van der Waals surface area contributed by atoms with Gasteiger partial charge in [-0.05, 0) is 17.7 Å². The van der Waals surface area contributed by atoms with Crippen LogP contribution in [-0.2, 0) is 35.4 Å². The lowest BCUT2D eigenvalue weighted by Crippen LogP contribution is -2.35. The molecule has 13 heteroatoms. The van der Waals surface area contributed by atoms with Gasteiger partial charge in [-0.1, -0.05) is 12.0 Å². The highest BCUT2D eigenvalue weighted by Gasteiger charge is 2.17. The lowest BCUT2D eigenvalue weighted by atomic mass is 10.2. The minimum atomic E-state index is -0.755. The van der Waals surface area contributed by atoms with Crippen molar-refractivity contribution in [2.45, 2.75) is 20.0 Å². The molecule has 0 bridgehead atoms. The molecule has 0 radical (unpaired) electrons. The number of hydrogen-bond acceptors (Lipinski definition) is 10. The van der Waals surface area contributed by atoms with Gasteiger partial charge in [0, 0.05) is 14.0 Å². The van der Waals surface area contributed by atoms with Crippen LogP contribution in [0, 0.1) is 12.3 Å². The van der Waals surface area contributed by atoms with E-state index in [1.807, 2.05) is 0 Å². The van der Waals surface area contributed by atoms with E-state index < -0.39 is 18.0 Å². The second-order valence-corrected chi connectivity index (χ2v) is 6.69. The van der Waals surface area contributed by atoms with E-state index in [9.17, 15) is 19.2 Å². The number of ether oxygens (including phenoxy) is 2. The summed E-state index contributed by atoms with van der Waals surface area (Å²) in [6.07, 6.45) is 6.73. The molecule has 180 valence electrons. The topological polar surface area (TPSA) is 151 Å². The Kier molecular flexibility index (Phi) is 10.0. The lowest BCUT2D eigenvalue weighted by molar-refractivity contribution is -0.210. The first-order chi connectivity index (χ1) is 16.3. The molecule has 0 fully saturated rings. The van der Waals surface area contributed by atoms with E-state index in [2.05, 4.69) is 26.2 Å². The number of carbonyl (C=O) groups excluding carboxylic acids is 4. The highest BCUT2D eigenvalue weighted by Crippen LogP contribution is 2.27. The summed E-state index contributed by atoms with van der Waals surface area (Å²) in [5.74, 6) is 0.729. The number of aromatic nitrogens is 3. The fraction of sp³-hybridized carbons (Fsp3) is 0.333. The van der Waals surface area contributed by atoms with Crippen LogP contribution < -0.4 is 10.2 Å². The quantitative estimate of drug-likeness (QED) is 0.214. The molecular formula is C21H23N5O8. The highest BCUT2D eigenvalue weighted by molar-refractivity contribution is 5.95. The molecule has 0 saturated heterocycles. The number of nitrogens with zero attached hydrogens (tertiary/aromatic N) is 4. The van der Waals surface area contributed by atoms with E-state index in [1.165, 1.54) is 42.8 Å². The molecule has 1 N–H and O–H groups in total. The third-order valence-electron chi connectivity index (χ3n) is 3.99. The molecule has 0 spiro atoms. The van der Waals surface area contributed by atoms with Crippen LogP contribution in [0.1, 0.15) is 18.9 Å². The van der Waals surface area contributed by atoms with Gasteiger partial charge in [-0.3, -0.25) is 19.4 Å². The fourth-order valence-electron chi connectivity index (χ4n) is 2.43. The number of likely N-dealkylation sites (N-methyl/N-ethyl adjacent to an activating group) is 1. The van der Waals surface area contributed by atoms with Crippen molar-refractivity contribution < 1.29 is 38.4 Å². The van der Waals surface area contributed by atoms with Gasteiger partial charge in [0.1, 0.15) is 25.9 Å². The Morgan fingerprint density at radius 1 is 1.26 bits per heavy atom. The van der Waals surface area contributed by atoms with Crippen LogP contribution in [0.5, 0.6) is 5.75 Å². The molecule has 13 nitrogen and oxygen atoms in total. The third kappa shape index (κ3) is 8.60. The van der Waals surface area contributed by atoms with Crippen LogP contribution in [0.15, 0.2) is 30.9 Å². The van der Waals surface area contributed by atoms with Crippen molar-refractivity contribution in [3.63, 3.8) is 0 Å². The number of carbonyl (C=O) groups is 4. The second-order valence-electron chi connectivity index (χ2n) is 6.69. The maximum Gasteiger partial charge on any atom is 0.436 e. The number of amides is 2. The van der Waals surface area contributed by atoms with Gasteiger partial charge in [0.05, 0.1) is 25.3 Å². The smallest absolute Gasteiger partial charge is 0.436 e. The number of benzene rings is 1. The van der Waals surface area contributed by atoms with Gasteiger partial charge >= 0.3 is 12.1 Å². The van der Waals surface area contributed by atoms with Crippen molar-refractivity contribution >= 4 is 29.6 Å². The fourth-order valence-corrected chi connectivity index (χ4v) is 2.43. The molecule has 34 heavy (non-hydrogen) atoms. The van der Waals surface area contributed by atoms with Crippen molar-refractivity contribution in [1.29, 1.82) is 0 Å². The number of hydrogen-bond donors (Lipinski definition) is 1. The zero-order valence-corrected chi connectivity index (χ0v) is 18.6. The molecule has 0 aliphatic heterocycles. The van der Waals surface area contributed by atoms with Gasteiger partial charge in [-0.15, -0.1) is 11.5 Å². The molecule has 0 saturated carbocycles. The molecule has 0 aliphatic carbocycles. The maximum atomic E-state index is 12.5. The summed E-state index contributed by atoms with van der Waals surface area (Å²) in [5.41, 5.74) is 0.604. The van der Waals surface area contributed by atoms with Crippen LogP contribution in [0.4, 0.5) is 10.5 Å². The normalized spacial score (nSPS) is 10.0. The summed E-state index contributed by atoms with van der Waals surface area (Å²) in [6.45, 7) is 0.930. The second kappa shape index (κ2) is 13.2. The number of nitrogens with one attached hydrogen (secondary N) is 1. The average molecular weight is 473 g/mol. The zero-order valence-electron chi connectivity index (χ0n) is 18.6. The van der Waals surface area contributed by atoms with E-state index in [-0.39, 0.29) is 50.1 Å². The predicted octanol–water partition coefficient (Wildman–Crippen LogP) is 0.757. The minimum Gasteiger partial charge on any atom is -0.443 e. The molecule has 2 rings (SSSR count). The van der Waals surface area contributed by atoms with Crippen LogP contribution >= 0.6 is 0 Å². The molecule has 1 aromatic heterocycles. The van der Waals surface area contributed by atoms with Crippen molar-refractivity contribution in [3.05, 3.63) is 36.4 Å². The summed E-state index contributed by atoms with van der Waals surface area (Å²) in [6, 6.07) is 4.41. The molecule has 2 aromatic rings. The van der Waals surface area contributed by atoms with Crippen molar-refractivity contribution in [1.82, 2.24) is 19.7 Å². The van der Waals surface area contributed by atoms with E-state index in [0.29, 0.717) is 5.56 Å². The van der Waals surface area contributed by atoms with E-state index in [1.54, 1.807) is 0 Å². The van der Waals surface area contributed by atoms with Gasteiger partial charge in [-0.2, -0.15) is 4.68 Å². The standard InChI is InChI=1S/C21H23N5O8/c1-4-8-31-9-7-20(29)25(3)11-19(28)24-17-10-16(5-6-18(17)34-33-15(2)27)12-32-21(30)26-14-22-13-23-26/h1,5-6,10,13-14H,7-9,11-12H2,2-3H3,(H,24,28). The van der Waals surface area contributed by atoms with Crippen LogP contribution in [0.3, 0.4) is 0 Å². The average Bonchev–Trinajstić information content (AvgIpc) is 3.34. The first-order valence-corrected chi connectivity index (χ1v) is 9.85. The highest BCUT2D eigenvalue weighted by atomic mass is 17.2. The number of rotatable bonds is 11. The van der Waals surface area contributed by atoms with Crippen molar-refractivity contribution in [2.75, 3.05) is 32.1 Å². The van der Waals surface area contributed by atoms with Gasteiger partial charge in [0.25, 0.3) is 0 Å². The van der Waals surface area contributed by atoms with Crippen molar-refractivity contribution in [2.24, 2.45) is 0 Å². The molecule has 1 heterocycles. The molecule has 2 amide bonds. The van der Waals surface area contributed by atoms with Crippen LogP contribution in [0.25, 0.3) is 0 Å². The maximum absolute atomic E-state index is 12.5. The Hall–Kier alpha value is -4.44. The van der Waals surface area contributed by atoms with Crippen LogP contribution in [-0.4, -0.2) is 70.3 Å². The molecular weight excluding hydrogens is 450 g/mol. The Labute approximate surface area is 194 Å². The minimum absolute atomic E-state index is 0.0200. The van der Waals surface area contributed by atoms with Gasteiger partial charge in [0.15, 0.2) is 0 Å². The van der Waals surface area contributed by atoms with Crippen LogP contribution in [0.2, 0.25) is 0 Å². The summed E-state index contributed by atoms with van der Waals surface area (Å²) in [5, 5.41) is 6.24. The largest absolute Gasteiger partial charge is 0.443 e. The number of terminal acetylenes is 1. The Morgan fingerprint density at radius 3 is 2.74 bits per heavy atom. The van der Waals surface area contributed by atoms with Gasteiger partial charge in [0.2, 0.25) is 17.6 Å². The summed E-state index contributed by atoms with van der Waals surface area (Å²) < 4.78 is 11.1. The third-order valence-corrected chi connectivity index (χ3v) is 3.99. The van der Waals surface area contributed by atoms with Gasteiger partial charge in [-0.25, -0.2) is 14.6 Å². The van der Waals surface area contributed by atoms with E-state index >= 15 is 0 Å². The molecule has 1 aromatic carbocycles. The first-order valence-electron chi connectivity index (χ1n) is 9.85. The summed E-state index contributed by atoms with van der Waals surface area (Å²) in [4.78, 5) is 62.0. The molecule has 0 aliphatic rings. The Balaban J connectivity index is 2.02. The summed E-state index contributed by atoms with van der Waals surface area (Å²) >= 11 is 0. The Morgan fingerprint density at radius 2 is 2.06 bits per heavy atom. The SMILES string of the molecule is C#CCOCCC(=O)N(C)CC(=O)Nc1cc(COC(=O)n2cncn2)ccc1OOC(C)=O. The lowest BCUT2D eigenvalue weighted by Gasteiger charge is -2.18. The molecule has 0 unspecified atom stereocenters. The number of anilines is 1. The predicted molar refractivity (Wildman–Crippen MR) is 115 cm³/mol. The van der Waals surface area contributed by atoms with E-state index in [4.69, 9.17) is 20.8 Å². The van der Waals surface area contributed by atoms with Gasteiger partial charge < -0.3 is 19.7 Å². The van der Waals surface area contributed by atoms with Crippen molar-refractivity contribution in [3.8, 4) is 18.1 Å². The first kappa shape index (κ1) is 25.8. The zero-order chi connectivity index (χ0) is 24.9. The van der Waals surface area contributed by atoms with E-state index in [0.717, 1.165) is 11.6 Å².